The number of carbonyl (C=O) groups is 10. The van der Waals surface area contributed by atoms with E-state index in [0.717, 1.165) is 33.6 Å². The van der Waals surface area contributed by atoms with E-state index in [0.29, 0.717) is 44.5 Å². The maximum absolute atomic E-state index is 14.6. The summed E-state index contributed by atoms with van der Waals surface area (Å²) in [6.07, 6.45) is 1.50. The molecule has 3 atom stereocenters. The number of ether oxygens (including phenoxy) is 5. The number of aromatic amines is 1. The number of imide groups is 1. The SMILES string of the molecule is Cc1cccc2c(OC(=O)N(CCO)CCN(C)C(=O)OCc3ccc(NC(=O)[C@H](CCCNC(N)=O)CC(=O)[C@@H](NC(=O)OCCOCCN4C(=O)C=CC4=O)C(C)C)cc3)cc3c(c12)[C@H](CCl)CN3C(=O)c1cc2cc(NC(=O)c3ccc(OCCO)cc3)ncc2[nH]1. The number of aliphatic hydroxyl groups excluding tert-OH is 2. The minimum absolute atomic E-state index is 0.0188. The Morgan fingerprint density at radius 3 is 2.29 bits per heavy atom. The number of H-pyrrole nitrogens is 1. The van der Waals surface area contributed by atoms with Gasteiger partial charge in [0.15, 0.2) is 5.78 Å². The molecule has 0 bridgehead atoms. The number of pyridine rings is 1. The monoisotopic (exact) mass is 1330 g/mol. The third-order valence-corrected chi connectivity index (χ3v) is 16.1. The molecule has 0 saturated carbocycles. The summed E-state index contributed by atoms with van der Waals surface area (Å²) in [6.45, 7) is 4.52. The van der Waals surface area contributed by atoms with E-state index in [1.165, 1.54) is 23.0 Å². The van der Waals surface area contributed by atoms with Crippen molar-refractivity contribution in [2.75, 3.05) is 107 Å². The molecule has 9 N–H and O–H groups in total. The Morgan fingerprint density at radius 2 is 1.60 bits per heavy atom. The number of amides is 10. The number of primary amides is 1. The zero-order valence-corrected chi connectivity index (χ0v) is 53.6. The maximum atomic E-state index is 14.6. The molecule has 0 saturated heterocycles. The summed E-state index contributed by atoms with van der Waals surface area (Å²) in [4.78, 5) is 143. The lowest BCUT2D eigenvalue weighted by molar-refractivity contribution is -0.137. The van der Waals surface area contributed by atoms with Crippen LogP contribution in [0.4, 0.5) is 36.4 Å². The number of alkyl halides is 1. The Bertz CT molecular complexity index is 3810. The number of nitrogens with zero attached hydrogens (tertiary/aromatic N) is 5. The highest BCUT2D eigenvalue weighted by Crippen LogP contribution is 2.47. The van der Waals surface area contributed by atoms with Crippen LogP contribution < -0.4 is 41.4 Å². The summed E-state index contributed by atoms with van der Waals surface area (Å²) in [7, 11) is 1.47. The number of rotatable bonds is 32. The van der Waals surface area contributed by atoms with Gasteiger partial charge in [0, 0.05) is 104 Å². The number of aliphatic hydroxyl groups is 2. The molecule has 28 nitrogen and oxygen atoms in total. The minimum Gasteiger partial charge on any atom is -0.491 e. The number of fused-ring (bicyclic) bond motifs is 4. The van der Waals surface area contributed by atoms with Crippen LogP contribution in [-0.4, -0.2) is 192 Å². The second-order valence-corrected chi connectivity index (χ2v) is 23.1. The second kappa shape index (κ2) is 33.6. The van der Waals surface area contributed by atoms with Crippen molar-refractivity contribution in [1.82, 2.24) is 35.3 Å². The van der Waals surface area contributed by atoms with Crippen LogP contribution in [0.5, 0.6) is 11.5 Å². The first-order chi connectivity index (χ1) is 45.7. The third-order valence-electron chi connectivity index (χ3n) is 15.7. The Kier molecular flexibility index (Phi) is 25.0. The first-order valence-electron chi connectivity index (χ1n) is 30.7. The summed E-state index contributed by atoms with van der Waals surface area (Å²) in [5.41, 5.74) is 9.34. The van der Waals surface area contributed by atoms with E-state index in [2.05, 4.69) is 31.2 Å². The van der Waals surface area contributed by atoms with Gasteiger partial charge in [0.05, 0.1) is 56.4 Å². The minimum atomic E-state index is -1.04. The van der Waals surface area contributed by atoms with Crippen LogP contribution in [-0.2, 0) is 40.0 Å². The number of halogens is 1. The number of aryl methyl sites for hydroxylation is 1. The highest BCUT2D eigenvalue weighted by Gasteiger charge is 2.37. The van der Waals surface area contributed by atoms with E-state index in [9.17, 15) is 53.1 Å². The number of urea groups is 1. The molecule has 2 aliphatic heterocycles. The van der Waals surface area contributed by atoms with Gasteiger partial charge in [-0.25, -0.2) is 24.2 Å². The molecule has 0 fully saturated rings. The predicted octanol–water partition coefficient (Wildman–Crippen LogP) is 6.35. The molecule has 4 aromatic carbocycles. The van der Waals surface area contributed by atoms with Crippen molar-refractivity contribution < 1.29 is 81.8 Å². The fourth-order valence-electron chi connectivity index (χ4n) is 10.8. The van der Waals surface area contributed by atoms with Crippen LogP contribution in [0.2, 0.25) is 0 Å². The zero-order valence-electron chi connectivity index (χ0n) is 52.9. The standard InChI is InChI=1S/C66H76ClN11O17/c1-39(2)59(74-64(88)93-30-29-91-27-24-77-55(82)18-19-56(77)83)52(81)32-43(8-6-20-69-63(68)87)61(85)71-46-14-10-41(11-15-46)38-94-65(89)75(4)21-22-76(23-25-79)66(90)95-53-34-51-58(57-40(3)7-5-9-48(53)57)45(35-67)37-78(51)62(86)49-31-44-33-54(70-36-50(44)72-49)73-60(84)42-12-16-47(17-13-42)92-28-26-80/h5,7,9-19,31,33-34,36,39,43,45,59,72,79-80H,6,8,20-30,32,35,37-38H2,1-4H3,(H,71,85)(H,74,88)(H3,68,69,87)(H,70,73,84)/t43-,45-,59+/m1/s1. The molecule has 4 heterocycles. The van der Waals surface area contributed by atoms with E-state index >= 15 is 0 Å². The molecular formula is C66H76ClN11O17. The number of hydrogen-bond acceptors (Lipinski definition) is 18. The largest absolute Gasteiger partial charge is 0.491 e. The summed E-state index contributed by atoms with van der Waals surface area (Å²) >= 11 is 6.64. The van der Waals surface area contributed by atoms with Crippen LogP contribution in [0.15, 0.2) is 103 Å². The summed E-state index contributed by atoms with van der Waals surface area (Å²) in [6, 6.07) is 21.4. The molecule has 10 amide bonds. The molecule has 0 radical (unpaired) electrons. The summed E-state index contributed by atoms with van der Waals surface area (Å²) in [5, 5.41) is 31.7. The summed E-state index contributed by atoms with van der Waals surface area (Å²) in [5.74, 6) is -3.28. The van der Waals surface area contributed by atoms with Gasteiger partial charge in [-0.1, -0.05) is 44.2 Å². The average molecular weight is 1330 g/mol. The van der Waals surface area contributed by atoms with Crippen molar-refractivity contribution in [3.05, 3.63) is 131 Å². The number of nitrogens with one attached hydrogen (secondary N) is 5. The fourth-order valence-corrected chi connectivity index (χ4v) is 11.0. The van der Waals surface area contributed by atoms with Crippen LogP contribution in [0.1, 0.15) is 76.6 Å². The average Bonchev–Trinajstić information content (AvgIpc) is 1.63. The third kappa shape index (κ3) is 18.8. The Balaban J connectivity index is 0.846. The van der Waals surface area contributed by atoms with E-state index in [1.807, 2.05) is 19.1 Å². The number of carbonyl (C=O) groups excluding carboxylic acids is 10. The molecule has 29 heteroatoms. The number of ketones is 1. The smallest absolute Gasteiger partial charge is 0.415 e. The molecule has 504 valence electrons. The van der Waals surface area contributed by atoms with E-state index < -0.39 is 84.1 Å². The van der Waals surface area contributed by atoms with Crippen LogP contribution in [0.25, 0.3) is 21.7 Å². The predicted molar refractivity (Wildman–Crippen MR) is 349 cm³/mol. The number of Topliss-reactive ketones (excluding diaryl/α,β-unsaturated/α-hetero) is 1. The number of benzene rings is 4. The molecular weight excluding hydrogens is 1250 g/mol. The Morgan fingerprint density at radius 1 is 0.853 bits per heavy atom. The van der Waals surface area contributed by atoms with Crippen LogP contribution >= 0.6 is 11.6 Å². The van der Waals surface area contributed by atoms with Gasteiger partial charge in [0.25, 0.3) is 23.6 Å². The van der Waals surface area contributed by atoms with E-state index in [-0.39, 0.29) is 127 Å². The topological polar surface area (TPSA) is 373 Å². The summed E-state index contributed by atoms with van der Waals surface area (Å²) < 4.78 is 27.7. The first kappa shape index (κ1) is 70.7. The molecule has 0 unspecified atom stereocenters. The van der Waals surface area contributed by atoms with E-state index in [4.69, 9.17) is 46.1 Å². The van der Waals surface area contributed by atoms with Crippen molar-refractivity contribution in [3.63, 3.8) is 0 Å². The number of aromatic nitrogens is 2. The highest BCUT2D eigenvalue weighted by molar-refractivity contribution is 6.20. The van der Waals surface area contributed by atoms with Crippen molar-refractivity contribution in [3.8, 4) is 11.5 Å². The van der Waals surface area contributed by atoms with Gasteiger partial charge in [-0.15, -0.1) is 11.6 Å². The van der Waals surface area contributed by atoms with Crippen molar-refractivity contribution >= 4 is 110 Å². The van der Waals surface area contributed by atoms with Crippen LogP contribution in [0, 0.1) is 18.8 Å². The lowest BCUT2D eigenvalue weighted by atomic mass is 9.89. The van der Waals surface area contributed by atoms with Gasteiger partial charge in [0.1, 0.15) is 42.8 Å². The van der Waals surface area contributed by atoms with Crippen LogP contribution in [0.3, 0.4) is 0 Å². The van der Waals surface area contributed by atoms with Crippen molar-refractivity contribution in [2.45, 2.75) is 58.6 Å². The van der Waals surface area contributed by atoms with E-state index in [1.54, 1.807) is 91.5 Å². The second-order valence-electron chi connectivity index (χ2n) is 22.8. The normalized spacial score (nSPS) is 13.9. The zero-order chi connectivity index (χ0) is 68.3. The van der Waals surface area contributed by atoms with Gasteiger partial charge < -0.3 is 80.6 Å². The lowest BCUT2D eigenvalue weighted by Gasteiger charge is -2.25. The molecule has 95 heavy (non-hydrogen) atoms. The quantitative estimate of drug-likeness (QED) is 0.0130. The molecule has 6 aromatic rings. The lowest BCUT2D eigenvalue weighted by Crippen LogP contribution is -2.46. The molecule has 0 aliphatic carbocycles. The van der Waals surface area contributed by atoms with Gasteiger partial charge in [-0.3, -0.25) is 33.7 Å². The van der Waals surface area contributed by atoms with Gasteiger partial charge in [-0.2, -0.15) is 0 Å². The Hall–Kier alpha value is -10.2. The molecule has 8 rings (SSSR count). The fraction of sp³-hybridized carbons (Fsp3) is 0.379. The molecule has 0 spiro atoms. The highest BCUT2D eigenvalue weighted by atomic mass is 35.5. The maximum Gasteiger partial charge on any atom is 0.415 e. The number of alkyl carbamates (subject to hydrolysis) is 1. The number of anilines is 3. The van der Waals surface area contributed by atoms with Crippen molar-refractivity contribution in [2.24, 2.45) is 17.6 Å². The van der Waals surface area contributed by atoms with Gasteiger partial charge >= 0.3 is 24.3 Å². The van der Waals surface area contributed by atoms with Gasteiger partial charge in [0.2, 0.25) is 5.91 Å². The molecule has 2 aliphatic rings. The number of likely N-dealkylation sites (N-methyl/N-ethyl adjacent to an activating group) is 1. The number of nitrogens with two attached hydrogens (primary N) is 1. The molecule has 2 aromatic heterocycles. The first-order valence-corrected chi connectivity index (χ1v) is 31.2. The number of hydrogen-bond donors (Lipinski definition) is 8. The van der Waals surface area contributed by atoms with Gasteiger partial charge in [-0.05, 0) is 96.3 Å². The van der Waals surface area contributed by atoms with Crippen molar-refractivity contribution in [1.29, 1.82) is 0 Å². The Labute approximate surface area is 551 Å².